The molecule has 1 heterocycles. The maximum absolute atomic E-state index is 11.6. The molecule has 2 atom stereocenters. The molecule has 1 rings (SSSR count). The molecule has 6 nitrogen and oxygen atoms in total. The Morgan fingerprint density at radius 1 is 1.42 bits per heavy atom. The van der Waals surface area contributed by atoms with Gasteiger partial charge in [-0.05, 0) is 18.8 Å². The van der Waals surface area contributed by atoms with E-state index in [1.165, 1.54) is 0 Å². The minimum atomic E-state index is -0.282. The number of nitrogens with one attached hydrogen (secondary N) is 2. The summed E-state index contributed by atoms with van der Waals surface area (Å²) in [5, 5.41) is 18.4. The van der Waals surface area contributed by atoms with Gasteiger partial charge in [0.25, 0.3) is 0 Å². The van der Waals surface area contributed by atoms with Gasteiger partial charge in [0.2, 0.25) is 0 Å². The van der Waals surface area contributed by atoms with E-state index in [2.05, 4.69) is 15.8 Å². The lowest BCUT2D eigenvalue weighted by atomic mass is 10.1. The van der Waals surface area contributed by atoms with E-state index >= 15 is 0 Å². The van der Waals surface area contributed by atoms with Crippen molar-refractivity contribution in [1.82, 2.24) is 15.8 Å². The van der Waals surface area contributed by atoms with Crippen molar-refractivity contribution < 1.29 is 14.4 Å². The molecule has 0 saturated heterocycles. The highest BCUT2D eigenvalue weighted by atomic mass is 16.5. The number of carbonyl (C=O) groups excluding carboxylic acids is 1. The Hall–Kier alpha value is -1.56. The highest BCUT2D eigenvalue weighted by molar-refractivity contribution is 5.74. The van der Waals surface area contributed by atoms with Gasteiger partial charge in [-0.1, -0.05) is 25.9 Å². The quantitative estimate of drug-likeness (QED) is 0.732. The van der Waals surface area contributed by atoms with E-state index in [4.69, 9.17) is 9.63 Å². The zero-order valence-corrected chi connectivity index (χ0v) is 11.9. The predicted molar refractivity (Wildman–Crippen MR) is 71.7 cm³/mol. The van der Waals surface area contributed by atoms with E-state index in [0.717, 1.165) is 5.69 Å². The van der Waals surface area contributed by atoms with Crippen molar-refractivity contribution in [2.75, 3.05) is 6.61 Å². The molecule has 0 radical (unpaired) electrons. The first-order chi connectivity index (χ1) is 8.93. The summed E-state index contributed by atoms with van der Waals surface area (Å²) in [6.45, 7) is 8.12. The molecule has 2 unspecified atom stereocenters. The fraction of sp³-hybridized carbons (Fsp3) is 0.692. The second kappa shape index (κ2) is 7.13. The molecule has 3 N–H and O–H groups in total. The first-order valence-corrected chi connectivity index (χ1v) is 6.54. The third-order valence-corrected chi connectivity index (χ3v) is 3.09. The van der Waals surface area contributed by atoms with Crippen molar-refractivity contribution >= 4 is 6.03 Å². The third-order valence-electron chi connectivity index (χ3n) is 3.09. The maximum Gasteiger partial charge on any atom is 0.315 e. The first-order valence-electron chi connectivity index (χ1n) is 6.54. The molecule has 0 aliphatic carbocycles. The van der Waals surface area contributed by atoms with Crippen LogP contribution in [0, 0.1) is 5.92 Å². The van der Waals surface area contributed by atoms with Crippen LogP contribution >= 0.6 is 0 Å². The normalized spacial score (nSPS) is 14.2. The molecule has 1 aromatic rings. The number of urea groups is 1. The van der Waals surface area contributed by atoms with Crippen molar-refractivity contribution in [3.63, 3.8) is 0 Å². The largest absolute Gasteiger partial charge is 0.396 e. The lowest BCUT2D eigenvalue weighted by Gasteiger charge is -2.19. The molecule has 1 aromatic heterocycles. The van der Waals surface area contributed by atoms with Gasteiger partial charge in [0.15, 0.2) is 5.76 Å². The van der Waals surface area contributed by atoms with Crippen LogP contribution in [0.3, 0.4) is 0 Å². The third kappa shape index (κ3) is 4.90. The van der Waals surface area contributed by atoms with Crippen LogP contribution in [-0.4, -0.2) is 28.9 Å². The number of aliphatic hydroxyl groups is 1. The fourth-order valence-corrected chi connectivity index (χ4v) is 1.41. The molecular weight excluding hydrogens is 246 g/mol. The monoisotopic (exact) mass is 269 g/mol. The summed E-state index contributed by atoms with van der Waals surface area (Å²) in [6, 6.07) is 1.46. The van der Waals surface area contributed by atoms with Crippen LogP contribution in [0.15, 0.2) is 10.6 Å². The van der Waals surface area contributed by atoms with E-state index in [1.54, 1.807) is 0 Å². The van der Waals surface area contributed by atoms with Crippen molar-refractivity contribution in [3.8, 4) is 0 Å². The number of aromatic nitrogens is 1. The van der Waals surface area contributed by atoms with E-state index in [0.29, 0.717) is 18.2 Å². The van der Waals surface area contributed by atoms with E-state index in [1.807, 2.05) is 33.8 Å². The van der Waals surface area contributed by atoms with Crippen molar-refractivity contribution in [2.24, 2.45) is 5.92 Å². The van der Waals surface area contributed by atoms with Gasteiger partial charge < -0.3 is 20.3 Å². The summed E-state index contributed by atoms with van der Waals surface area (Å²) >= 11 is 0. The zero-order chi connectivity index (χ0) is 14.4. The standard InChI is InChI=1S/C13H23N3O3/c1-8(2)12-5-11(19-16-12)6-14-13(18)15-10(4)9(3)7-17/h5,8-10,17H,6-7H2,1-4H3,(H2,14,15,18). The van der Waals surface area contributed by atoms with Crippen LogP contribution in [0.2, 0.25) is 0 Å². The van der Waals surface area contributed by atoms with Crippen LogP contribution in [0.4, 0.5) is 4.79 Å². The van der Waals surface area contributed by atoms with Gasteiger partial charge in [0, 0.05) is 18.7 Å². The minimum Gasteiger partial charge on any atom is -0.396 e. The molecule has 2 amide bonds. The van der Waals surface area contributed by atoms with Crippen LogP contribution in [0.5, 0.6) is 0 Å². The van der Waals surface area contributed by atoms with Gasteiger partial charge in [-0.3, -0.25) is 0 Å². The lowest BCUT2D eigenvalue weighted by Crippen LogP contribution is -2.43. The Bertz CT molecular complexity index is 404. The average molecular weight is 269 g/mol. The van der Waals surface area contributed by atoms with Crippen LogP contribution in [0.1, 0.15) is 45.1 Å². The molecular formula is C13H23N3O3. The molecule has 108 valence electrons. The van der Waals surface area contributed by atoms with Gasteiger partial charge in [-0.2, -0.15) is 0 Å². The molecule has 0 fully saturated rings. The highest BCUT2D eigenvalue weighted by Gasteiger charge is 2.14. The highest BCUT2D eigenvalue weighted by Crippen LogP contribution is 2.13. The molecule has 0 aromatic carbocycles. The Morgan fingerprint density at radius 3 is 2.63 bits per heavy atom. The molecule has 0 aliphatic heterocycles. The predicted octanol–water partition coefficient (Wildman–Crippen LogP) is 1.61. The maximum atomic E-state index is 11.6. The van der Waals surface area contributed by atoms with Gasteiger partial charge in [0.1, 0.15) is 0 Å². The summed E-state index contributed by atoms with van der Waals surface area (Å²) < 4.78 is 5.12. The number of nitrogens with zero attached hydrogens (tertiary/aromatic N) is 1. The van der Waals surface area contributed by atoms with Gasteiger partial charge in [-0.15, -0.1) is 0 Å². The molecule has 0 aliphatic rings. The van der Waals surface area contributed by atoms with Crippen molar-refractivity contribution in [2.45, 2.75) is 46.2 Å². The zero-order valence-electron chi connectivity index (χ0n) is 11.9. The smallest absolute Gasteiger partial charge is 0.315 e. The van der Waals surface area contributed by atoms with Crippen molar-refractivity contribution in [1.29, 1.82) is 0 Å². The summed E-state index contributed by atoms with van der Waals surface area (Å²) in [6.07, 6.45) is 0. The second-order valence-electron chi connectivity index (χ2n) is 5.15. The topological polar surface area (TPSA) is 87.4 Å². The van der Waals surface area contributed by atoms with Gasteiger partial charge in [-0.25, -0.2) is 4.79 Å². The molecule has 19 heavy (non-hydrogen) atoms. The van der Waals surface area contributed by atoms with E-state index in [9.17, 15) is 4.79 Å². The Labute approximate surface area is 113 Å². The number of rotatable bonds is 6. The molecule has 0 saturated carbocycles. The molecule has 0 bridgehead atoms. The number of amides is 2. The van der Waals surface area contributed by atoms with Crippen LogP contribution < -0.4 is 10.6 Å². The summed E-state index contributed by atoms with van der Waals surface area (Å²) in [5.41, 5.74) is 0.875. The number of aliphatic hydroxyl groups excluding tert-OH is 1. The second-order valence-corrected chi connectivity index (χ2v) is 5.15. The van der Waals surface area contributed by atoms with E-state index < -0.39 is 0 Å². The van der Waals surface area contributed by atoms with Crippen molar-refractivity contribution in [3.05, 3.63) is 17.5 Å². The SMILES string of the molecule is CC(C)c1cc(CNC(=O)NC(C)C(C)CO)on1. The first kappa shape index (κ1) is 15.5. The van der Waals surface area contributed by atoms with Crippen LogP contribution in [-0.2, 0) is 6.54 Å². The van der Waals surface area contributed by atoms with Gasteiger partial charge in [0.05, 0.1) is 12.2 Å². The summed E-state index contributed by atoms with van der Waals surface area (Å²) in [4.78, 5) is 11.6. The van der Waals surface area contributed by atoms with E-state index in [-0.39, 0.29) is 24.6 Å². The molecule has 0 spiro atoms. The van der Waals surface area contributed by atoms with Gasteiger partial charge >= 0.3 is 6.03 Å². The Balaban J connectivity index is 2.37. The Morgan fingerprint density at radius 2 is 2.11 bits per heavy atom. The molecule has 6 heteroatoms. The lowest BCUT2D eigenvalue weighted by molar-refractivity contribution is 0.200. The van der Waals surface area contributed by atoms with Crippen LogP contribution in [0.25, 0.3) is 0 Å². The number of hydrogen-bond acceptors (Lipinski definition) is 4. The number of carbonyl (C=O) groups is 1. The fourth-order valence-electron chi connectivity index (χ4n) is 1.41. The number of hydrogen-bond donors (Lipinski definition) is 3. The summed E-state index contributed by atoms with van der Waals surface area (Å²) in [7, 11) is 0. The average Bonchev–Trinajstić information content (AvgIpc) is 2.84. The Kier molecular flexibility index (Phi) is 5.82. The minimum absolute atomic E-state index is 0.0172. The summed E-state index contributed by atoms with van der Waals surface area (Å²) in [5.74, 6) is 0.946.